The fourth-order valence-corrected chi connectivity index (χ4v) is 3.43. The van der Waals surface area contributed by atoms with Crippen molar-refractivity contribution in [2.45, 2.75) is 0 Å². The Labute approximate surface area is 113 Å². The van der Waals surface area contributed by atoms with Gasteiger partial charge in [-0.2, -0.15) is 0 Å². The van der Waals surface area contributed by atoms with Crippen LogP contribution in [0.2, 0.25) is 0 Å². The Bertz CT molecular complexity index is 359. The normalized spacial score (nSPS) is 10.1. The van der Waals surface area contributed by atoms with Crippen LogP contribution in [0.5, 0.6) is 0 Å². The largest absolute Gasteiger partial charge is 0.375 e. The number of anilines is 1. The van der Waals surface area contributed by atoms with Gasteiger partial charge in [0.05, 0.1) is 5.69 Å². The van der Waals surface area contributed by atoms with Crippen LogP contribution in [0.15, 0.2) is 25.6 Å². The molecule has 0 aliphatic heterocycles. The molecule has 1 aromatic carbocycles. The first kappa shape index (κ1) is 13.2. The molecule has 1 aromatic rings. The fraction of sp³-hybridized carbons (Fsp3) is 0.222. The smallest absolute Gasteiger partial charge is 0.250 e. The highest BCUT2D eigenvalue weighted by molar-refractivity contribution is 9.11. The van der Waals surface area contributed by atoms with Crippen LogP contribution < -0.4 is 5.32 Å². The van der Waals surface area contributed by atoms with Crippen LogP contribution in [-0.2, 0) is 9.53 Å². The maximum absolute atomic E-state index is 11.3. The van der Waals surface area contributed by atoms with Gasteiger partial charge in [0.1, 0.15) is 6.61 Å². The maximum atomic E-state index is 11.3. The molecule has 15 heavy (non-hydrogen) atoms. The van der Waals surface area contributed by atoms with Crippen LogP contribution >= 0.6 is 47.8 Å². The van der Waals surface area contributed by atoms with E-state index in [1.165, 1.54) is 7.11 Å². The molecule has 0 heterocycles. The zero-order valence-electron chi connectivity index (χ0n) is 7.81. The minimum atomic E-state index is -0.193. The van der Waals surface area contributed by atoms with Gasteiger partial charge >= 0.3 is 0 Å². The highest BCUT2D eigenvalue weighted by Gasteiger charge is 2.09. The first-order valence-electron chi connectivity index (χ1n) is 3.98. The zero-order valence-corrected chi connectivity index (χ0v) is 12.6. The van der Waals surface area contributed by atoms with Crippen molar-refractivity contribution in [2.24, 2.45) is 0 Å². The van der Waals surface area contributed by atoms with Crippen molar-refractivity contribution < 1.29 is 9.53 Å². The van der Waals surface area contributed by atoms with Gasteiger partial charge in [0.25, 0.3) is 0 Å². The average molecular weight is 402 g/mol. The molecule has 6 heteroatoms. The van der Waals surface area contributed by atoms with Gasteiger partial charge in [-0.25, -0.2) is 0 Å². The molecule has 1 N–H and O–H groups in total. The van der Waals surface area contributed by atoms with Crippen molar-refractivity contribution in [3.05, 3.63) is 25.6 Å². The highest BCUT2D eigenvalue weighted by atomic mass is 79.9. The van der Waals surface area contributed by atoms with E-state index in [1.54, 1.807) is 0 Å². The van der Waals surface area contributed by atoms with E-state index in [4.69, 9.17) is 4.74 Å². The molecule has 3 nitrogen and oxygen atoms in total. The van der Waals surface area contributed by atoms with Crippen LogP contribution in [0.3, 0.4) is 0 Å². The number of nitrogens with one attached hydrogen (secondary N) is 1. The fourth-order valence-electron chi connectivity index (χ4n) is 0.968. The molecule has 0 saturated carbocycles. The molecule has 1 amide bonds. The van der Waals surface area contributed by atoms with Crippen molar-refractivity contribution in [3.63, 3.8) is 0 Å². The van der Waals surface area contributed by atoms with E-state index in [-0.39, 0.29) is 12.5 Å². The number of halogens is 3. The number of carbonyl (C=O) groups is 1. The first-order valence-corrected chi connectivity index (χ1v) is 6.36. The van der Waals surface area contributed by atoms with Crippen LogP contribution in [0.4, 0.5) is 5.69 Å². The third kappa shape index (κ3) is 3.86. The van der Waals surface area contributed by atoms with Gasteiger partial charge < -0.3 is 10.1 Å². The number of ether oxygens (including phenoxy) is 1. The predicted octanol–water partition coefficient (Wildman–Crippen LogP) is 3.56. The Morgan fingerprint density at radius 3 is 2.33 bits per heavy atom. The summed E-state index contributed by atoms with van der Waals surface area (Å²) in [5.74, 6) is -0.193. The molecule has 0 aromatic heterocycles. The number of carbonyl (C=O) groups excluding carboxylic acids is 1. The Hall–Kier alpha value is 0.0900. The lowest BCUT2D eigenvalue weighted by Gasteiger charge is -2.09. The quantitative estimate of drug-likeness (QED) is 0.841. The number of hydrogen-bond donors (Lipinski definition) is 1. The second-order valence-electron chi connectivity index (χ2n) is 2.73. The number of amides is 1. The number of rotatable bonds is 3. The molecule has 0 radical (unpaired) electrons. The summed E-state index contributed by atoms with van der Waals surface area (Å²) < 4.78 is 7.25. The summed E-state index contributed by atoms with van der Waals surface area (Å²) >= 11 is 10.1. The van der Waals surface area contributed by atoms with Crippen LogP contribution in [0.25, 0.3) is 0 Å². The summed E-state index contributed by atoms with van der Waals surface area (Å²) in [5.41, 5.74) is 0.695. The van der Waals surface area contributed by atoms with Gasteiger partial charge in [0.15, 0.2) is 0 Å². The molecule has 1 rings (SSSR count). The third-order valence-corrected chi connectivity index (χ3v) is 3.26. The Morgan fingerprint density at radius 1 is 1.33 bits per heavy atom. The maximum Gasteiger partial charge on any atom is 0.250 e. The molecule has 0 saturated heterocycles. The minimum absolute atomic E-state index is 0.0367. The van der Waals surface area contributed by atoms with Gasteiger partial charge in [-0.3, -0.25) is 4.79 Å². The predicted molar refractivity (Wildman–Crippen MR) is 70.0 cm³/mol. The number of hydrogen-bond acceptors (Lipinski definition) is 2. The summed E-state index contributed by atoms with van der Waals surface area (Å²) in [5, 5.41) is 2.73. The van der Waals surface area contributed by atoms with E-state index in [9.17, 15) is 4.79 Å². The lowest BCUT2D eigenvalue weighted by Crippen LogP contribution is -2.17. The number of benzene rings is 1. The monoisotopic (exact) mass is 399 g/mol. The van der Waals surface area contributed by atoms with Crippen molar-refractivity contribution in [3.8, 4) is 0 Å². The topological polar surface area (TPSA) is 38.3 Å². The molecular weight excluding hydrogens is 394 g/mol. The van der Waals surface area contributed by atoms with Crippen LogP contribution in [0, 0.1) is 0 Å². The van der Waals surface area contributed by atoms with E-state index >= 15 is 0 Å². The van der Waals surface area contributed by atoms with E-state index in [2.05, 4.69) is 53.1 Å². The van der Waals surface area contributed by atoms with Crippen LogP contribution in [-0.4, -0.2) is 19.6 Å². The molecule has 0 aliphatic carbocycles. The third-order valence-electron chi connectivity index (χ3n) is 1.55. The molecule has 0 spiro atoms. The Kier molecular flexibility index (Phi) is 5.25. The van der Waals surface area contributed by atoms with Crippen molar-refractivity contribution >= 4 is 59.4 Å². The number of methoxy groups -OCH3 is 1. The highest BCUT2D eigenvalue weighted by Crippen LogP contribution is 2.34. The molecule has 0 fully saturated rings. The van der Waals surface area contributed by atoms with Crippen LogP contribution in [0.1, 0.15) is 0 Å². The molecular formula is C9H8Br3NO2. The van der Waals surface area contributed by atoms with Gasteiger partial charge in [0, 0.05) is 20.5 Å². The Morgan fingerprint density at radius 2 is 1.87 bits per heavy atom. The lowest BCUT2D eigenvalue weighted by molar-refractivity contribution is -0.119. The van der Waals surface area contributed by atoms with Crippen molar-refractivity contribution in [1.82, 2.24) is 0 Å². The summed E-state index contributed by atoms with van der Waals surface area (Å²) in [7, 11) is 1.48. The van der Waals surface area contributed by atoms with Gasteiger partial charge in [-0.1, -0.05) is 15.9 Å². The molecule has 0 unspecified atom stereocenters. The van der Waals surface area contributed by atoms with Gasteiger partial charge in [0.2, 0.25) is 5.91 Å². The van der Waals surface area contributed by atoms with E-state index in [0.717, 1.165) is 13.4 Å². The summed E-state index contributed by atoms with van der Waals surface area (Å²) in [6, 6.07) is 3.71. The second kappa shape index (κ2) is 5.98. The first-order chi connectivity index (χ1) is 7.04. The van der Waals surface area contributed by atoms with Gasteiger partial charge in [-0.15, -0.1) is 0 Å². The van der Waals surface area contributed by atoms with E-state index in [0.29, 0.717) is 5.69 Å². The standard InChI is InChI=1S/C9H8Br3NO2/c1-15-4-8(14)13-9-6(11)2-5(10)3-7(9)12/h2-3H,4H2,1H3,(H,13,14). The van der Waals surface area contributed by atoms with E-state index < -0.39 is 0 Å². The lowest BCUT2D eigenvalue weighted by atomic mass is 10.3. The zero-order chi connectivity index (χ0) is 11.4. The Balaban J connectivity index is 2.90. The van der Waals surface area contributed by atoms with Gasteiger partial charge in [-0.05, 0) is 44.0 Å². The summed E-state index contributed by atoms with van der Waals surface area (Å²) in [6.07, 6.45) is 0. The second-order valence-corrected chi connectivity index (χ2v) is 5.35. The summed E-state index contributed by atoms with van der Waals surface area (Å²) in [4.78, 5) is 11.3. The average Bonchev–Trinajstić information content (AvgIpc) is 2.11. The molecule has 82 valence electrons. The SMILES string of the molecule is COCC(=O)Nc1c(Br)cc(Br)cc1Br. The minimum Gasteiger partial charge on any atom is -0.375 e. The van der Waals surface area contributed by atoms with Crippen molar-refractivity contribution in [1.29, 1.82) is 0 Å². The van der Waals surface area contributed by atoms with E-state index in [1.807, 2.05) is 12.1 Å². The molecule has 0 atom stereocenters. The molecule has 0 bridgehead atoms. The van der Waals surface area contributed by atoms with Crippen molar-refractivity contribution in [2.75, 3.05) is 19.0 Å². The summed E-state index contributed by atoms with van der Waals surface area (Å²) in [6.45, 7) is 0.0367. The molecule has 0 aliphatic rings.